The average Bonchev–Trinajstić information content (AvgIpc) is 2.16. The van der Waals surface area contributed by atoms with E-state index in [2.05, 4.69) is 50.4 Å². The van der Waals surface area contributed by atoms with Crippen molar-refractivity contribution in [2.75, 3.05) is 0 Å². The molecule has 0 fully saturated rings. The predicted molar refractivity (Wildman–Crippen MR) is 57.8 cm³/mol. The van der Waals surface area contributed by atoms with E-state index in [9.17, 15) is 0 Å². The first-order valence-corrected chi connectivity index (χ1v) is 5.01. The summed E-state index contributed by atoms with van der Waals surface area (Å²) in [6.45, 7) is 7.52. The van der Waals surface area contributed by atoms with Gasteiger partial charge in [-0.25, -0.2) is 0 Å². The summed E-state index contributed by atoms with van der Waals surface area (Å²) in [5.41, 5.74) is 2.69. The summed E-state index contributed by atoms with van der Waals surface area (Å²) < 4.78 is 0. The zero-order valence-corrected chi connectivity index (χ0v) is 9.93. The van der Waals surface area contributed by atoms with Gasteiger partial charge in [0, 0.05) is 12.6 Å². The molecule has 14 heavy (non-hydrogen) atoms. The molecule has 0 aromatic heterocycles. The van der Waals surface area contributed by atoms with E-state index in [4.69, 9.17) is 0 Å². The van der Waals surface area contributed by atoms with Crippen LogP contribution in [0.15, 0.2) is 24.3 Å². The molecule has 1 rings (SSSR count). The molecule has 0 aliphatic rings. The van der Waals surface area contributed by atoms with Gasteiger partial charge in [0.2, 0.25) is 0 Å². The van der Waals surface area contributed by atoms with Crippen LogP contribution in [0.3, 0.4) is 0 Å². The largest absolute Gasteiger partial charge is 1.00 e. The number of rotatable bonds is 4. The first-order valence-electron chi connectivity index (χ1n) is 5.01. The molecule has 80 valence electrons. The summed E-state index contributed by atoms with van der Waals surface area (Å²) >= 11 is 0. The lowest BCUT2D eigenvalue weighted by atomic mass is 10.1. The van der Waals surface area contributed by atoms with Crippen molar-refractivity contribution in [3.8, 4) is 0 Å². The Hall–Kier alpha value is -0.530. The molecule has 0 bridgehead atoms. The minimum Gasteiger partial charge on any atom is -1.00 e. The zero-order valence-electron chi connectivity index (χ0n) is 9.18. The summed E-state index contributed by atoms with van der Waals surface area (Å²) in [6, 6.07) is 9.30. The molecule has 1 aromatic carbocycles. The van der Waals surface area contributed by atoms with E-state index in [0.29, 0.717) is 6.04 Å². The van der Waals surface area contributed by atoms with Crippen LogP contribution in [0.4, 0.5) is 0 Å². The molecule has 0 radical (unpaired) electrons. The maximum absolute atomic E-state index is 3.47. The number of benzene rings is 1. The van der Waals surface area contributed by atoms with E-state index in [1.54, 1.807) is 0 Å². The third-order valence-electron chi connectivity index (χ3n) is 2.39. The number of hydrogen-bond acceptors (Lipinski definition) is 1. The molecular weight excluding hydrogens is 194 g/mol. The molecule has 0 spiro atoms. The Balaban J connectivity index is 0.00000169. The van der Waals surface area contributed by atoms with Crippen molar-refractivity contribution in [1.29, 1.82) is 0 Å². The van der Waals surface area contributed by atoms with E-state index in [1.165, 1.54) is 17.5 Å². The Morgan fingerprint density at radius 1 is 1.21 bits per heavy atom. The van der Waals surface area contributed by atoms with Gasteiger partial charge in [-0.3, -0.25) is 0 Å². The summed E-state index contributed by atoms with van der Waals surface area (Å²) in [6.07, 6.45) is 1.19. The van der Waals surface area contributed by atoms with Crippen LogP contribution in [-0.2, 0) is 6.54 Å². The second-order valence-electron chi connectivity index (χ2n) is 3.68. The molecule has 1 unspecified atom stereocenters. The number of aryl methyl sites for hydroxylation is 1. The van der Waals surface area contributed by atoms with Gasteiger partial charge >= 0.3 is 0 Å². The van der Waals surface area contributed by atoms with Crippen LogP contribution in [0.2, 0.25) is 0 Å². The van der Waals surface area contributed by atoms with Crippen molar-refractivity contribution in [2.45, 2.75) is 39.8 Å². The maximum atomic E-state index is 3.47. The van der Waals surface area contributed by atoms with E-state index >= 15 is 0 Å². The molecule has 0 aliphatic carbocycles. The predicted octanol–water partition coefficient (Wildman–Crippen LogP) is -0.113. The van der Waals surface area contributed by atoms with Crippen molar-refractivity contribution in [1.82, 2.24) is 5.32 Å². The number of nitrogens with one attached hydrogen (secondary N) is 1. The highest BCUT2D eigenvalue weighted by molar-refractivity contribution is 5.21. The van der Waals surface area contributed by atoms with Gasteiger partial charge in [-0.2, -0.15) is 0 Å². The molecule has 0 saturated heterocycles. The van der Waals surface area contributed by atoms with Gasteiger partial charge in [0.25, 0.3) is 0 Å². The van der Waals surface area contributed by atoms with Crippen LogP contribution >= 0.6 is 0 Å². The summed E-state index contributed by atoms with van der Waals surface area (Å²) in [5, 5.41) is 3.47. The Kier molecular flexibility index (Phi) is 6.60. The quantitative estimate of drug-likeness (QED) is 0.735. The monoisotopic (exact) mass is 212 g/mol. The van der Waals surface area contributed by atoms with Crippen LogP contribution in [0, 0.1) is 6.92 Å². The van der Waals surface area contributed by atoms with Crippen LogP contribution in [0.25, 0.3) is 0 Å². The lowest BCUT2D eigenvalue weighted by molar-refractivity contribution is -0.00000299. The molecule has 1 aromatic rings. The third-order valence-corrected chi connectivity index (χ3v) is 2.39. The fraction of sp³-hybridized carbons (Fsp3) is 0.500. The highest BCUT2D eigenvalue weighted by atomic mass is 35.5. The third kappa shape index (κ3) is 4.64. The smallest absolute Gasteiger partial charge is 0.0207 e. The summed E-state index contributed by atoms with van der Waals surface area (Å²) in [7, 11) is 0. The van der Waals surface area contributed by atoms with Crippen molar-refractivity contribution in [3.63, 3.8) is 0 Å². The van der Waals surface area contributed by atoms with Crippen LogP contribution in [0.5, 0.6) is 0 Å². The van der Waals surface area contributed by atoms with E-state index in [0.717, 1.165) is 6.54 Å². The Bertz CT molecular complexity index is 243. The summed E-state index contributed by atoms with van der Waals surface area (Å²) in [5.74, 6) is 0. The lowest BCUT2D eigenvalue weighted by Gasteiger charge is -2.10. The zero-order chi connectivity index (χ0) is 9.68. The number of halogens is 1. The van der Waals surface area contributed by atoms with Crippen molar-refractivity contribution < 1.29 is 12.4 Å². The van der Waals surface area contributed by atoms with Crippen molar-refractivity contribution in [3.05, 3.63) is 35.4 Å². The molecule has 1 N–H and O–H groups in total. The Morgan fingerprint density at radius 2 is 1.79 bits per heavy atom. The highest BCUT2D eigenvalue weighted by Crippen LogP contribution is 2.03. The maximum Gasteiger partial charge on any atom is 0.0207 e. The van der Waals surface area contributed by atoms with E-state index < -0.39 is 0 Å². The Labute approximate surface area is 93.3 Å². The molecule has 1 nitrogen and oxygen atoms in total. The van der Waals surface area contributed by atoms with Gasteiger partial charge in [-0.1, -0.05) is 36.8 Å². The topological polar surface area (TPSA) is 12.0 Å². The standard InChI is InChI=1S/C12H19N.ClH/c1-4-11(3)13-9-12-7-5-10(2)6-8-12;/h5-8,11,13H,4,9H2,1-3H3;1H/p-1. The van der Waals surface area contributed by atoms with Gasteiger partial charge in [-0.15, -0.1) is 0 Å². The van der Waals surface area contributed by atoms with E-state index in [1.807, 2.05) is 0 Å². The normalized spacial score (nSPS) is 11.9. The van der Waals surface area contributed by atoms with Gasteiger partial charge in [0.15, 0.2) is 0 Å². The molecule has 2 heteroatoms. The van der Waals surface area contributed by atoms with Crippen molar-refractivity contribution >= 4 is 0 Å². The van der Waals surface area contributed by atoms with Crippen LogP contribution in [0.1, 0.15) is 31.4 Å². The second kappa shape index (κ2) is 6.86. The van der Waals surface area contributed by atoms with Crippen LogP contribution in [-0.4, -0.2) is 6.04 Å². The molecule has 0 aliphatic heterocycles. The summed E-state index contributed by atoms with van der Waals surface area (Å²) in [4.78, 5) is 0. The molecule has 0 heterocycles. The first kappa shape index (κ1) is 13.5. The fourth-order valence-corrected chi connectivity index (χ4v) is 1.14. The van der Waals surface area contributed by atoms with E-state index in [-0.39, 0.29) is 12.4 Å². The number of hydrogen-bond donors (Lipinski definition) is 1. The molecule has 0 saturated carbocycles. The van der Waals surface area contributed by atoms with Crippen LogP contribution < -0.4 is 17.7 Å². The lowest BCUT2D eigenvalue weighted by Crippen LogP contribution is -3.00. The van der Waals surface area contributed by atoms with Crippen molar-refractivity contribution in [2.24, 2.45) is 0 Å². The minimum absolute atomic E-state index is 0. The average molecular weight is 213 g/mol. The molecule has 1 atom stereocenters. The SMILES string of the molecule is CCC(C)NCc1ccc(C)cc1.[Cl-]. The first-order chi connectivity index (χ1) is 6.22. The molecular formula is C12H19ClN-. The van der Waals surface area contributed by atoms with Gasteiger partial charge < -0.3 is 17.7 Å². The minimum atomic E-state index is 0. The highest BCUT2D eigenvalue weighted by Gasteiger charge is 1.97. The Morgan fingerprint density at radius 3 is 2.29 bits per heavy atom. The van der Waals surface area contributed by atoms with Gasteiger partial charge in [0.1, 0.15) is 0 Å². The van der Waals surface area contributed by atoms with Gasteiger partial charge in [0.05, 0.1) is 0 Å². The molecule has 0 amide bonds. The fourth-order valence-electron chi connectivity index (χ4n) is 1.14. The van der Waals surface area contributed by atoms with Gasteiger partial charge in [-0.05, 0) is 25.8 Å². The second-order valence-corrected chi connectivity index (χ2v) is 3.68.